The first-order chi connectivity index (χ1) is 9.81. The highest BCUT2D eigenvalue weighted by Gasteiger charge is 2.28. The lowest BCUT2D eigenvalue weighted by molar-refractivity contribution is -0.136. The van der Waals surface area contributed by atoms with Crippen LogP contribution in [-0.2, 0) is 13.0 Å². The average molecular weight is 306 g/mol. The smallest absolute Gasteiger partial charge is 0.314 e. The van der Waals surface area contributed by atoms with Gasteiger partial charge in [-0.1, -0.05) is 20.8 Å². The number of nitrogens with one attached hydrogen (secondary N) is 1. The van der Waals surface area contributed by atoms with Crippen LogP contribution in [0.1, 0.15) is 45.9 Å². The van der Waals surface area contributed by atoms with E-state index in [1.54, 1.807) is 4.68 Å². The van der Waals surface area contributed by atoms with Gasteiger partial charge in [-0.25, -0.2) is 9.67 Å². The van der Waals surface area contributed by atoms with Gasteiger partial charge in [0.15, 0.2) is 0 Å². The largest absolute Gasteiger partial charge is 0.389 e. The minimum atomic E-state index is -4.11. The van der Waals surface area contributed by atoms with Gasteiger partial charge in [-0.05, 0) is 25.3 Å². The third kappa shape index (κ3) is 7.45. The van der Waals surface area contributed by atoms with Gasteiger partial charge in [-0.15, -0.1) is 0 Å². The molecule has 0 aliphatic heterocycles. The normalized spacial score (nSPS) is 13.9. The van der Waals surface area contributed by atoms with Crippen LogP contribution in [0.3, 0.4) is 0 Å². The van der Waals surface area contributed by atoms with Crippen LogP contribution in [0, 0.1) is 5.92 Å². The molecule has 0 aromatic carbocycles. The highest BCUT2D eigenvalue weighted by atomic mass is 19.4. The van der Waals surface area contributed by atoms with Gasteiger partial charge in [-0.2, -0.15) is 18.3 Å². The molecule has 0 aliphatic rings. The standard InChI is InChI=1S/C14H25F3N4/c1-4-7-18-12(5-6-14(15,16)17)8-13-19-10-20-21(13)9-11(2)3/h10-12,18H,4-9H2,1-3H3. The summed E-state index contributed by atoms with van der Waals surface area (Å²) in [5.74, 6) is 1.17. The van der Waals surface area contributed by atoms with E-state index in [4.69, 9.17) is 0 Å². The Morgan fingerprint density at radius 3 is 2.62 bits per heavy atom. The quantitative estimate of drug-likeness (QED) is 0.762. The monoisotopic (exact) mass is 306 g/mol. The maximum atomic E-state index is 12.4. The molecule has 0 fully saturated rings. The molecule has 0 aliphatic carbocycles. The molecular weight excluding hydrogens is 281 g/mol. The number of hydrogen-bond donors (Lipinski definition) is 1. The molecule has 1 unspecified atom stereocenters. The Hall–Kier alpha value is -1.11. The fourth-order valence-electron chi connectivity index (χ4n) is 2.13. The second kappa shape index (κ2) is 8.36. The predicted octanol–water partition coefficient (Wildman–Crippen LogP) is 3.19. The van der Waals surface area contributed by atoms with Crippen molar-refractivity contribution in [1.29, 1.82) is 0 Å². The van der Waals surface area contributed by atoms with E-state index in [9.17, 15) is 13.2 Å². The van der Waals surface area contributed by atoms with Crippen LogP contribution >= 0.6 is 0 Å². The minimum Gasteiger partial charge on any atom is -0.314 e. The SMILES string of the molecule is CCCNC(CCC(F)(F)F)Cc1ncnn1CC(C)C. The predicted molar refractivity (Wildman–Crippen MR) is 75.9 cm³/mol. The van der Waals surface area contributed by atoms with Crippen molar-refractivity contribution in [1.82, 2.24) is 20.1 Å². The van der Waals surface area contributed by atoms with Gasteiger partial charge in [0.1, 0.15) is 12.2 Å². The zero-order chi connectivity index (χ0) is 15.9. The molecule has 1 atom stereocenters. The summed E-state index contributed by atoms with van der Waals surface area (Å²) in [6.07, 6.45) is -1.98. The van der Waals surface area contributed by atoms with Gasteiger partial charge >= 0.3 is 6.18 Å². The second-order valence-electron chi connectivity index (χ2n) is 5.76. The molecule has 1 N–H and O–H groups in total. The van der Waals surface area contributed by atoms with Crippen LogP contribution < -0.4 is 5.32 Å². The molecule has 0 amide bonds. The summed E-state index contributed by atoms with van der Waals surface area (Å²) in [4.78, 5) is 4.19. The maximum Gasteiger partial charge on any atom is 0.389 e. The molecule has 0 spiro atoms. The van der Waals surface area contributed by atoms with Gasteiger partial charge in [-0.3, -0.25) is 0 Å². The van der Waals surface area contributed by atoms with Crippen LogP contribution in [0.4, 0.5) is 13.2 Å². The first kappa shape index (κ1) is 17.9. The highest BCUT2D eigenvalue weighted by Crippen LogP contribution is 2.23. The van der Waals surface area contributed by atoms with Crippen LogP contribution in [-0.4, -0.2) is 33.5 Å². The molecular formula is C14H25F3N4. The molecule has 21 heavy (non-hydrogen) atoms. The zero-order valence-electron chi connectivity index (χ0n) is 13.0. The highest BCUT2D eigenvalue weighted by molar-refractivity contribution is 4.90. The Morgan fingerprint density at radius 1 is 1.33 bits per heavy atom. The summed E-state index contributed by atoms with van der Waals surface area (Å²) < 4.78 is 39.0. The number of rotatable bonds is 9. The Labute approximate surface area is 124 Å². The fourth-order valence-corrected chi connectivity index (χ4v) is 2.13. The van der Waals surface area contributed by atoms with E-state index < -0.39 is 12.6 Å². The van der Waals surface area contributed by atoms with Gasteiger partial charge in [0.05, 0.1) is 0 Å². The maximum absolute atomic E-state index is 12.4. The van der Waals surface area contributed by atoms with Crippen molar-refractivity contribution in [3.8, 4) is 0 Å². The van der Waals surface area contributed by atoms with Gasteiger partial charge in [0.2, 0.25) is 0 Å². The fraction of sp³-hybridized carbons (Fsp3) is 0.857. The van der Waals surface area contributed by atoms with Crippen molar-refractivity contribution < 1.29 is 13.2 Å². The third-order valence-corrected chi connectivity index (χ3v) is 3.12. The van der Waals surface area contributed by atoms with Crippen molar-refractivity contribution in [2.24, 2.45) is 5.92 Å². The van der Waals surface area contributed by atoms with Crippen LogP contribution in [0.25, 0.3) is 0 Å². The summed E-state index contributed by atoms with van der Waals surface area (Å²) >= 11 is 0. The van der Waals surface area contributed by atoms with Crippen LogP contribution in [0.2, 0.25) is 0 Å². The summed E-state index contributed by atoms with van der Waals surface area (Å²) in [6.45, 7) is 7.58. The molecule has 0 saturated heterocycles. The lowest BCUT2D eigenvalue weighted by Gasteiger charge is -2.19. The van der Waals surface area contributed by atoms with Crippen molar-refractivity contribution >= 4 is 0 Å². The topological polar surface area (TPSA) is 42.7 Å². The van der Waals surface area contributed by atoms with E-state index in [1.165, 1.54) is 6.33 Å². The Bertz CT molecular complexity index is 401. The molecule has 7 heteroatoms. The van der Waals surface area contributed by atoms with Crippen molar-refractivity contribution in [3.63, 3.8) is 0 Å². The summed E-state index contributed by atoms with van der Waals surface area (Å²) in [5, 5.41) is 7.33. The van der Waals surface area contributed by atoms with Crippen molar-refractivity contribution in [3.05, 3.63) is 12.2 Å². The Kier molecular flexibility index (Phi) is 7.14. The van der Waals surface area contributed by atoms with E-state index >= 15 is 0 Å². The van der Waals surface area contributed by atoms with E-state index in [-0.39, 0.29) is 12.5 Å². The van der Waals surface area contributed by atoms with Crippen molar-refractivity contribution in [2.45, 2.75) is 65.2 Å². The van der Waals surface area contributed by atoms with Crippen LogP contribution in [0.5, 0.6) is 0 Å². The van der Waals surface area contributed by atoms with E-state index in [0.717, 1.165) is 18.8 Å². The number of hydrogen-bond acceptors (Lipinski definition) is 3. The first-order valence-electron chi connectivity index (χ1n) is 7.48. The Morgan fingerprint density at radius 2 is 2.05 bits per heavy atom. The summed E-state index contributed by atoms with van der Waals surface area (Å²) in [5.41, 5.74) is 0. The lowest BCUT2D eigenvalue weighted by atomic mass is 10.1. The first-order valence-corrected chi connectivity index (χ1v) is 7.48. The second-order valence-corrected chi connectivity index (χ2v) is 5.76. The summed E-state index contributed by atoms with van der Waals surface area (Å²) in [7, 11) is 0. The number of aromatic nitrogens is 3. The average Bonchev–Trinajstić information content (AvgIpc) is 2.78. The number of halogens is 3. The Balaban J connectivity index is 2.64. The zero-order valence-corrected chi connectivity index (χ0v) is 13.0. The summed E-state index contributed by atoms with van der Waals surface area (Å²) in [6, 6.07) is -0.221. The molecule has 1 rings (SSSR count). The molecule has 0 saturated carbocycles. The van der Waals surface area contributed by atoms with E-state index in [2.05, 4.69) is 29.2 Å². The van der Waals surface area contributed by atoms with Gasteiger partial charge in [0, 0.05) is 25.4 Å². The molecule has 0 bridgehead atoms. The van der Waals surface area contributed by atoms with Gasteiger partial charge in [0.25, 0.3) is 0 Å². The lowest BCUT2D eigenvalue weighted by Crippen LogP contribution is -2.34. The van der Waals surface area contributed by atoms with E-state index in [0.29, 0.717) is 18.9 Å². The minimum absolute atomic E-state index is 0.0675. The molecule has 1 aromatic rings. The molecule has 1 aromatic heterocycles. The number of nitrogens with zero attached hydrogens (tertiary/aromatic N) is 3. The number of alkyl halides is 3. The van der Waals surface area contributed by atoms with E-state index in [1.807, 2.05) is 6.92 Å². The van der Waals surface area contributed by atoms with Crippen LogP contribution in [0.15, 0.2) is 6.33 Å². The van der Waals surface area contributed by atoms with Crippen molar-refractivity contribution in [2.75, 3.05) is 6.54 Å². The molecule has 122 valence electrons. The molecule has 1 heterocycles. The molecule has 4 nitrogen and oxygen atoms in total. The molecule has 0 radical (unpaired) electrons. The third-order valence-electron chi connectivity index (χ3n) is 3.12. The van der Waals surface area contributed by atoms with Gasteiger partial charge < -0.3 is 5.32 Å².